The van der Waals surface area contributed by atoms with Gasteiger partial charge >= 0.3 is 5.91 Å². The van der Waals surface area contributed by atoms with E-state index >= 15 is 0 Å². The number of Topliss-reactive ketones (excluding diaryl/α,β-unsaturated/α-hetero) is 1. The first-order valence-corrected chi connectivity index (χ1v) is 14.8. The Kier molecular flexibility index (Phi) is 7.62. The number of benzene rings is 3. The fraction of sp³-hybridized carbons (Fsp3) is 0.200. The van der Waals surface area contributed by atoms with E-state index in [2.05, 4.69) is 10.2 Å². The number of amides is 1. The average Bonchev–Trinajstić information content (AvgIpc) is 3.58. The van der Waals surface area contributed by atoms with E-state index in [0.717, 1.165) is 5.56 Å². The van der Waals surface area contributed by atoms with Crippen molar-refractivity contribution in [2.45, 2.75) is 23.1 Å². The highest BCUT2D eigenvalue weighted by atomic mass is 32.2. The van der Waals surface area contributed by atoms with Gasteiger partial charge in [0.05, 0.1) is 18.2 Å². The molecule has 41 heavy (non-hydrogen) atoms. The van der Waals surface area contributed by atoms with Crippen molar-refractivity contribution in [1.82, 2.24) is 10.2 Å². The molecule has 0 bridgehead atoms. The van der Waals surface area contributed by atoms with Gasteiger partial charge in [0.2, 0.25) is 5.13 Å². The molecule has 0 spiro atoms. The van der Waals surface area contributed by atoms with Gasteiger partial charge in [0.25, 0.3) is 5.78 Å². The van der Waals surface area contributed by atoms with Gasteiger partial charge in [-0.3, -0.25) is 14.5 Å². The fourth-order valence-corrected chi connectivity index (χ4v) is 6.53. The zero-order valence-corrected chi connectivity index (χ0v) is 23.6. The molecule has 2 aliphatic heterocycles. The minimum absolute atomic E-state index is 0.0611. The zero-order chi connectivity index (χ0) is 28.3. The van der Waals surface area contributed by atoms with Crippen LogP contribution in [0.25, 0.3) is 5.76 Å². The molecule has 11 heteroatoms. The SMILES string of the molecule is CCOc1cccc(C2C(=C(O)c3ccc4c(c3)OCCO4)C(=O)C(=O)N2c2nnc(SCc3ccccc3)s2)c1. The number of anilines is 1. The summed E-state index contributed by atoms with van der Waals surface area (Å²) in [5.74, 6) is 0.309. The van der Waals surface area contributed by atoms with Gasteiger partial charge in [-0.2, -0.15) is 0 Å². The van der Waals surface area contributed by atoms with Crippen molar-refractivity contribution in [2.75, 3.05) is 24.7 Å². The maximum atomic E-state index is 13.6. The molecule has 0 radical (unpaired) electrons. The summed E-state index contributed by atoms with van der Waals surface area (Å²) in [4.78, 5) is 28.4. The molecule has 1 atom stereocenters. The normalized spacial score (nSPS) is 17.6. The van der Waals surface area contributed by atoms with E-state index in [1.54, 1.807) is 42.5 Å². The largest absolute Gasteiger partial charge is 0.507 e. The molecule has 2 aliphatic rings. The molecule has 4 aromatic rings. The lowest BCUT2D eigenvalue weighted by Crippen LogP contribution is -2.29. The van der Waals surface area contributed by atoms with Gasteiger partial charge in [-0.1, -0.05) is 65.6 Å². The van der Waals surface area contributed by atoms with E-state index in [1.165, 1.54) is 28.0 Å². The summed E-state index contributed by atoms with van der Waals surface area (Å²) in [5, 5.41) is 20.3. The monoisotopic (exact) mass is 587 g/mol. The van der Waals surface area contributed by atoms with Crippen molar-refractivity contribution < 1.29 is 28.9 Å². The number of hydrogen-bond acceptors (Lipinski definition) is 10. The van der Waals surface area contributed by atoms with Gasteiger partial charge in [0.1, 0.15) is 24.7 Å². The Morgan fingerprint density at radius 1 is 1.02 bits per heavy atom. The standard InChI is InChI=1S/C30H25N3O6S2/c1-2-37-21-10-6-9-19(15-21)25-24(26(34)20-11-12-22-23(16-20)39-14-13-38-22)27(35)28(36)33(25)29-31-32-30(41-29)40-17-18-7-4-3-5-8-18/h3-12,15-16,25,34H,2,13-14,17H2,1H3. The number of fused-ring (bicyclic) bond motifs is 1. The summed E-state index contributed by atoms with van der Waals surface area (Å²) < 4.78 is 17.6. The second kappa shape index (κ2) is 11.6. The van der Waals surface area contributed by atoms with Crippen molar-refractivity contribution in [3.63, 3.8) is 0 Å². The Morgan fingerprint density at radius 2 is 1.83 bits per heavy atom. The summed E-state index contributed by atoms with van der Waals surface area (Å²) in [6, 6.07) is 21.0. The van der Waals surface area contributed by atoms with E-state index in [0.29, 0.717) is 58.3 Å². The van der Waals surface area contributed by atoms with Crippen molar-refractivity contribution in [1.29, 1.82) is 0 Å². The number of aliphatic hydroxyl groups is 1. The summed E-state index contributed by atoms with van der Waals surface area (Å²) in [6.07, 6.45) is 0. The summed E-state index contributed by atoms with van der Waals surface area (Å²) in [6.45, 7) is 3.11. The van der Waals surface area contributed by atoms with Crippen molar-refractivity contribution in [3.05, 3.63) is 95.1 Å². The van der Waals surface area contributed by atoms with Crippen molar-refractivity contribution >= 4 is 45.7 Å². The lowest BCUT2D eigenvalue weighted by Gasteiger charge is -2.23. The Hall–Kier alpha value is -4.35. The molecular formula is C30H25N3O6S2. The van der Waals surface area contributed by atoms with Gasteiger partial charge in [-0.05, 0) is 48.4 Å². The van der Waals surface area contributed by atoms with Gasteiger partial charge in [-0.15, -0.1) is 10.2 Å². The van der Waals surface area contributed by atoms with E-state index in [4.69, 9.17) is 14.2 Å². The first-order chi connectivity index (χ1) is 20.0. The quantitative estimate of drug-likeness (QED) is 0.0922. The Balaban J connectivity index is 1.41. The molecule has 208 valence electrons. The summed E-state index contributed by atoms with van der Waals surface area (Å²) in [7, 11) is 0. The van der Waals surface area contributed by atoms with Crippen LogP contribution < -0.4 is 19.1 Å². The topological polar surface area (TPSA) is 111 Å². The molecule has 0 aliphatic carbocycles. The van der Waals surface area contributed by atoms with Gasteiger partial charge in [0.15, 0.2) is 15.8 Å². The molecule has 1 aromatic heterocycles. The molecule has 0 saturated carbocycles. The lowest BCUT2D eigenvalue weighted by atomic mass is 9.95. The minimum atomic E-state index is -0.955. The number of rotatable bonds is 8. The average molecular weight is 588 g/mol. The van der Waals surface area contributed by atoms with Crippen LogP contribution in [0.1, 0.15) is 29.7 Å². The number of hydrogen-bond donors (Lipinski definition) is 1. The maximum absolute atomic E-state index is 13.6. The smallest absolute Gasteiger partial charge is 0.301 e. The predicted molar refractivity (Wildman–Crippen MR) is 156 cm³/mol. The third kappa shape index (κ3) is 5.38. The Labute approximate surface area is 244 Å². The summed E-state index contributed by atoms with van der Waals surface area (Å²) >= 11 is 2.71. The highest BCUT2D eigenvalue weighted by Gasteiger charge is 2.48. The molecule has 1 saturated heterocycles. The van der Waals surface area contributed by atoms with Gasteiger partial charge in [0, 0.05) is 11.3 Å². The fourth-order valence-electron chi connectivity index (χ4n) is 4.71. The number of aromatic nitrogens is 2. The second-order valence-corrected chi connectivity index (χ2v) is 11.3. The number of nitrogens with zero attached hydrogens (tertiary/aromatic N) is 3. The zero-order valence-electron chi connectivity index (χ0n) is 22.0. The van der Waals surface area contributed by atoms with Gasteiger partial charge < -0.3 is 19.3 Å². The molecule has 1 unspecified atom stereocenters. The van der Waals surface area contributed by atoms with Gasteiger partial charge in [-0.25, -0.2) is 0 Å². The first kappa shape index (κ1) is 26.9. The van der Waals surface area contributed by atoms with E-state index in [1.807, 2.05) is 37.3 Å². The highest BCUT2D eigenvalue weighted by molar-refractivity contribution is 8.00. The Bertz CT molecular complexity index is 1640. The van der Waals surface area contributed by atoms with Crippen LogP contribution in [0.4, 0.5) is 5.13 Å². The van der Waals surface area contributed by atoms with E-state index < -0.39 is 17.7 Å². The highest BCUT2D eigenvalue weighted by Crippen LogP contribution is 2.45. The van der Waals surface area contributed by atoms with E-state index in [-0.39, 0.29) is 16.5 Å². The molecule has 1 N–H and O–H groups in total. The second-order valence-electron chi connectivity index (χ2n) is 9.16. The Morgan fingerprint density at radius 3 is 2.63 bits per heavy atom. The number of ketones is 1. The van der Waals surface area contributed by atoms with Crippen molar-refractivity contribution in [3.8, 4) is 17.2 Å². The van der Waals surface area contributed by atoms with E-state index in [9.17, 15) is 14.7 Å². The van der Waals surface area contributed by atoms with Crippen LogP contribution >= 0.6 is 23.1 Å². The third-order valence-corrected chi connectivity index (χ3v) is 8.68. The predicted octanol–water partition coefficient (Wildman–Crippen LogP) is 5.63. The van der Waals surface area contributed by atoms with Crippen molar-refractivity contribution in [2.24, 2.45) is 0 Å². The number of carbonyl (C=O) groups is 2. The van der Waals surface area contributed by atoms with Crippen LogP contribution in [0.2, 0.25) is 0 Å². The molecule has 3 heterocycles. The number of thioether (sulfide) groups is 1. The first-order valence-electron chi connectivity index (χ1n) is 13.0. The molecule has 3 aromatic carbocycles. The molecule has 1 amide bonds. The molecule has 6 rings (SSSR count). The third-order valence-electron chi connectivity index (χ3n) is 6.55. The van der Waals surface area contributed by atoms with Crippen LogP contribution in [0, 0.1) is 0 Å². The lowest BCUT2D eigenvalue weighted by molar-refractivity contribution is -0.132. The summed E-state index contributed by atoms with van der Waals surface area (Å²) in [5.41, 5.74) is 1.98. The molecule has 1 fully saturated rings. The van der Waals surface area contributed by atoms with Crippen LogP contribution in [0.5, 0.6) is 17.2 Å². The number of carbonyl (C=O) groups excluding carboxylic acids is 2. The maximum Gasteiger partial charge on any atom is 0.301 e. The molecular weight excluding hydrogens is 562 g/mol. The molecule has 9 nitrogen and oxygen atoms in total. The van der Waals surface area contributed by atoms with Crippen LogP contribution in [-0.4, -0.2) is 46.8 Å². The number of aliphatic hydroxyl groups excluding tert-OH is 1. The van der Waals surface area contributed by atoms with Crippen LogP contribution in [0.15, 0.2) is 82.7 Å². The van der Waals surface area contributed by atoms with Crippen LogP contribution in [-0.2, 0) is 15.3 Å². The minimum Gasteiger partial charge on any atom is -0.507 e. The number of ether oxygens (including phenoxy) is 3. The van der Waals surface area contributed by atoms with Crippen LogP contribution in [0.3, 0.4) is 0 Å².